The molecule has 0 saturated heterocycles. The first kappa shape index (κ1) is 17.1. The lowest BCUT2D eigenvalue weighted by Gasteiger charge is -2.09. The molecule has 0 aromatic heterocycles. The Balaban J connectivity index is 2.06. The molecule has 124 valence electrons. The molecule has 1 N–H and O–H groups in total. The van der Waals surface area contributed by atoms with E-state index in [4.69, 9.17) is 4.74 Å². The summed E-state index contributed by atoms with van der Waals surface area (Å²) < 4.78 is 5.22. The summed E-state index contributed by atoms with van der Waals surface area (Å²) in [5, 5.41) is 13.7. The molecule has 24 heavy (non-hydrogen) atoms. The van der Waals surface area contributed by atoms with E-state index in [1.165, 1.54) is 12.1 Å². The molecule has 7 heteroatoms. The smallest absolute Gasteiger partial charge is 0.311 e. The van der Waals surface area contributed by atoms with E-state index in [0.29, 0.717) is 12.0 Å². The van der Waals surface area contributed by atoms with Crippen molar-refractivity contribution in [1.82, 2.24) is 0 Å². The Morgan fingerprint density at radius 1 is 1.21 bits per heavy atom. The molecule has 0 bridgehead atoms. The van der Waals surface area contributed by atoms with Gasteiger partial charge in [0.15, 0.2) is 12.4 Å². The number of nitrogens with zero attached hydrogens (tertiary/aromatic N) is 1. The maximum Gasteiger partial charge on any atom is 0.311 e. The van der Waals surface area contributed by atoms with Gasteiger partial charge in [-0.15, -0.1) is 0 Å². The summed E-state index contributed by atoms with van der Waals surface area (Å²) in [6.07, 6.45) is 0.504. The normalized spacial score (nSPS) is 10.1. The Bertz CT molecular complexity index is 781. The number of nitro groups is 1. The number of aryl methyl sites for hydroxylation is 2. The van der Waals surface area contributed by atoms with E-state index >= 15 is 0 Å². The van der Waals surface area contributed by atoms with Gasteiger partial charge in [0.1, 0.15) is 6.29 Å². The van der Waals surface area contributed by atoms with Crippen LogP contribution in [0.4, 0.5) is 11.4 Å². The topological polar surface area (TPSA) is 98.5 Å². The zero-order valence-corrected chi connectivity index (χ0v) is 13.2. The molecular formula is C17H16N2O5. The minimum atomic E-state index is -0.663. The van der Waals surface area contributed by atoms with Gasteiger partial charge in [-0.05, 0) is 49.2 Å². The Hall–Kier alpha value is -3.22. The van der Waals surface area contributed by atoms with Crippen LogP contribution in [0.3, 0.4) is 0 Å². The standard InChI is InChI=1S/C17H16N2O5/c1-11-5-12(2)7-14(6-11)18-17(21)10-24-16-4-3-13(9-20)8-15(16)19(22)23/h3-9H,10H2,1-2H3,(H,18,21). The van der Waals surface area contributed by atoms with E-state index in [0.717, 1.165) is 17.2 Å². The van der Waals surface area contributed by atoms with E-state index in [-0.39, 0.29) is 23.6 Å². The lowest BCUT2D eigenvalue weighted by molar-refractivity contribution is -0.385. The molecule has 0 atom stereocenters. The maximum atomic E-state index is 12.0. The number of ether oxygens (including phenoxy) is 1. The summed E-state index contributed by atoms with van der Waals surface area (Å²) in [5.41, 5.74) is 2.44. The van der Waals surface area contributed by atoms with Gasteiger partial charge in [0.2, 0.25) is 0 Å². The fourth-order valence-corrected chi connectivity index (χ4v) is 2.26. The van der Waals surface area contributed by atoms with Crippen LogP contribution in [0.1, 0.15) is 21.5 Å². The third kappa shape index (κ3) is 4.39. The third-order valence-electron chi connectivity index (χ3n) is 3.18. The number of hydrogen-bond acceptors (Lipinski definition) is 5. The Labute approximate surface area is 138 Å². The van der Waals surface area contributed by atoms with Crippen molar-refractivity contribution in [2.24, 2.45) is 0 Å². The van der Waals surface area contributed by atoms with Crippen LogP contribution in [-0.4, -0.2) is 23.7 Å². The number of benzene rings is 2. The van der Waals surface area contributed by atoms with Gasteiger partial charge in [0.25, 0.3) is 5.91 Å². The molecule has 0 heterocycles. The largest absolute Gasteiger partial charge is 0.477 e. The number of rotatable bonds is 6. The van der Waals surface area contributed by atoms with Crippen LogP contribution in [-0.2, 0) is 4.79 Å². The van der Waals surface area contributed by atoms with Crippen molar-refractivity contribution in [3.05, 3.63) is 63.2 Å². The predicted octanol–water partition coefficient (Wildman–Crippen LogP) is 3.04. The molecule has 2 rings (SSSR count). The van der Waals surface area contributed by atoms with Crippen LogP contribution in [0, 0.1) is 24.0 Å². The van der Waals surface area contributed by atoms with Gasteiger partial charge >= 0.3 is 5.69 Å². The van der Waals surface area contributed by atoms with E-state index in [2.05, 4.69) is 5.32 Å². The van der Waals surface area contributed by atoms with Crippen LogP contribution in [0.25, 0.3) is 0 Å². The van der Waals surface area contributed by atoms with E-state index in [1.807, 2.05) is 32.0 Å². The number of hydrogen-bond donors (Lipinski definition) is 1. The predicted molar refractivity (Wildman–Crippen MR) is 88.5 cm³/mol. The van der Waals surface area contributed by atoms with Crippen molar-refractivity contribution < 1.29 is 19.2 Å². The first-order chi connectivity index (χ1) is 11.4. The molecule has 0 aliphatic rings. The second-order valence-electron chi connectivity index (χ2n) is 5.32. The van der Waals surface area contributed by atoms with Gasteiger partial charge in [-0.2, -0.15) is 0 Å². The summed E-state index contributed by atoms with van der Waals surface area (Å²) >= 11 is 0. The molecule has 0 radical (unpaired) electrons. The van der Waals surface area contributed by atoms with Crippen molar-refractivity contribution in [3.8, 4) is 5.75 Å². The van der Waals surface area contributed by atoms with Crippen LogP contribution in [0.15, 0.2) is 36.4 Å². The van der Waals surface area contributed by atoms with Gasteiger partial charge in [-0.3, -0.25) is 19.7 Å². The lowest BCUT2D eigenvalue weighted by atomic mass is 10.1. The number of anilines is 1. The quantitative estimate of drug-likeness (QED) is 0.499. The average molecular weight is 328 g/mol. The molecule has 0 aliphatic heterocycles. The molecule has 2 aromatic carbocycles. The van der Waals surface area contributed by atoms with Crippen molar-refractivity contribution in [2.45, 2.75) is 13.8 Å². The highest BCUT2D eigenvalue weighted by atomic mass is 16.6. The second kappa shape index (κ2) is 7.36. The summed E-state index contributed by atoms with van der Waals surface area (Å²) in [7, 11) is 0. The molecule has 0 spiro atoms. The average Bonchev–Trinajstić information content (AvgIpc) is 2.51. The fourth-order valence-electron chi connectivity index (χ4n) is 2.26. The first-order valence-corrected chi connectivity index (χ1v) is 7.13. The lowest BCUT2D eigenvalue weighted by Crippen LogP contribution is -2.20. The van der Waals surface area contributed by atoms with Crippen LogP contribution >= 0.6 is 0 Å². The number of nitrogens with one attached hydrogen (secondary N) is 1. The summed E-state index contributed by atoms with van der Waals surface area (Å²) in [5.74, 6) is -0.505. The molecule has 1 amide bonds. The summed E-state index contributed by atoms with van der Waals surface area (Å²) in [6.45, 7) is 3.45. The minimum Gasteiger partial charge on any atom is -0.477 e. The Kier molecular flexibility index (Phi) is 5.26. The van der Waals surface area contributed by atoms with E-state index in [9.17, 15) is 19.7 Å². The summed E-state index contributed by atoms with van der Waals surface area (Å²) in [6, 6.07) is 9.38. The molecule has 0 unspecified atom stereocenters. The van der Waals surface area contributed by atoms with Crippen molar-refractivity contribution in [1.29, 1.82) is 0 Å². The maximum absolute atomic E-state index is 12.0. The monoisotopic (exact) mass is 328 g/mol. The van der Waals surface area contributed by atoms with Crippen LogP contribution in [0.5, 0.6) is 5.75 Å². The number of aldehydes is 1. The number of nitro benzene ring substituents is 1. The molecule has 0 aliphatic carbocycles. The molecule has 2 aromatic rings. The summed E-state index contributed by atoms with van der Waals surface area (Å²) in [4.78, 5) is 33.0. The minimum absolute atomic E-state index is 0.0684. The highest BCUT2D eigenvalue weighted by molar-refractivity contribution is 5.92. The molecule has 0 fully saturated rings. The first-order valence-electron chi connectivity index (χ1n) is 7.13. The van der Waals surface area contributed by atoms with E-state index in [1.54, 1.807) is 0 Å². The molecular weight excluding hydrogens is 312 g/mol. The van der Waals surface area contributed by atoms with Gasteiger partial charge in [0.05, 0.1) is 4.92 Å². The van der Waals surface area contributed by atoms with Crippen molar-refractivity contribution in [2.75, 3.05) is 11.9 Å². The van der Waals surface area contributed by atoms with Gasteiger partial charge in [-0.25, -0.2) is 0 Å². The fraction of sp³-hybridized carbons (Fsp3) is 0.176. The van der Waals surface area contributed by atoms with Gasteiger partial charge < -0.3 is 10.1 Å². The van der Waals surface area contributed by atoms with Gasteiger partial charge in [-0.1, -0.05) is 6.07 Å². The van der Waals surface area contributed by atoms with Crippen molar-refractivity contribution in [3.63, 3.8) is 0 Å². The third-order valence-corrected chi connectivity index (χ3v) is 3.18. The van der Waals surface area contributed by atoms with Crippen molar-refractivity contribution >= 4 is 23.6 Å². The van der Waals surface area contributed by atoms with E-state index < -0.39 is 10.8 Å². The molecule has 0 saturated carbocycles. The highest BCUT2D eigenvalue weighted by Crippen LogP contribution is 2.27. The highest BCUT2D eigenvalue weighted by Gasteiger charge is 2.17. The number of carbonyl (C=O) groups is 2. The van der Waals surface area contributed by atoms with Crippen LogP contribution < -0.4 is 10.1 Å². The SMILES string of the molecule is Cc1cc(C)cc(NC(=O)COc2ccc(C=O)cc2[N+](=O)[O-])c1. The molecule has 7 nitrogen and oxygen atoms in total. The van der Waals surface area contributed by atoms with Gasteiger partial charge in [0, 0.05) is 17.3 Å². The zero-order chi connectivity index (χ0) is 17.7. The Morgan fingerprint density at radius 2 is 1.88 bits per heavy atom. The number of carbonyl (C=O) groups excluding carboxylic acids is 2. The Morgan fingerprint density at radius 3 is 2.46 bits per heavy atom. The zero-order valence-electron chi connectivity index (χ0n) is 13.2. The van der Waals surface area contributed by atoms with Crippen LogP contribution in [0.2, 0.25) is 0 Å². The number of amides is 1. The second-order valence-corrected chi connectivity index (χ2v) is 5.32.